The lowest BCUT2D eigenvalue weighted by Gasteiger charge is -2.13. The van der Waals surface area contributed by atoms with Crippen molar-refractivity contribution >= 4 is 50.5 Å². The highest BCUT2D eigenvalue weighted by atomic mass is 79.9. The van der Waals surface area contributed by atoms with Crippen molar-refractivity contribution in [1.82, 2.24) is 5.32 Å². The van der Waals surface area contributed by atoms with Crippen LogP contribution in [0.3, 0.4) is 0 Å². The molecule has 0 fully saturated rings. The summed E-state index contributed by atoms with van der Waals surface area (Å²) < 4.78 is 5.94. The van der Waals surface area contributed by atoms with Gasteiger partial charge in [0.1, 0.15) is 5.75 Å². The largest absolute Gasteiger partial charge is 0.495 e. The minimum absolute atomic E-state index is 0.000459. The van der Waals surface area contributed by atoms with Crippen LogP contribution in [-0.2, 0) is 0 Å². The first-order chi connectivity index (χ1) is 11.8. The Morgan fingerprint density at radius 3 is 2.60 bits per heavy atom. The molecule has 9 heteroatoms. The fraction of sp³-hybridized carbons (Fsp3) is 0.125. The van der Waals surface area contributed by atoms with Crippen LogP contribution in [-0.4, -0.2) is 23.1 Å². The number of nitrogens with one attached hydrogen (secondary N) is 2. The van der Waals surface area contributed by atoms with E-state index in [1.165, 1.54) is 25.3 Å². The second-order valence-electron chi connectivity index (χ2n) is 5.01. The second kappa shape index (κ2) is 8.04. The number of thiocarbonyl (C=S) groups is 1. The SMILES string of the molecule is COc1ccc([N+](=O)[O-])cc1NC(=S)NC(=O)c1ccc(C)c(Br)c1. The summed E-state index contributed by atoms with van der Waals surface area (Å²) in [6.07, 6.45) is 0. The predicted molar refractivity (Wildman–Crippen MR) is 102 cm³/mol. The maximum atomic E-state index is 12.2. The Hall–Kier alpha value is -2.52. The van der Waals surface area contributed by atoms with Gasteiger partial charge < -0.3 is 10.1 Å². The van der Waals surface area contributed by atoms with Gasteiger partial charge in [-0.15, -0.1) is 0 Å². The lowest BCUT2D eigenvalue weighted by molar-refractivity contribution is -0.384. The fourth-order valence-corrected chi connectivity index (χ4v) is 2.55. The first kappa shape index (κ1) is 18.8. The van der Waals surface area contributed by atoms with Gasteiger partial charge >= 0.3 is 0 Å². The Kier molecular flexibility index (Phi) is 6.05. The molecule has 1 amide bonds. The Bertz CT molecular complexity index is 857. The van der Waals surface area contributed by atoms with Crippen LogP contribution in [0.15, 0.2) is 40.9 Å². The number of ether oxygens (including phenoxy) is 1. The zero-order valence-electron chi connectivity index (χ0n) is 13.3. The van der Waals surface area contributed by atoms with Gasteiger partial charge in [-0.3, -0.25) is 20.2 Å². The minimum Gasteiger partial charge on any atom is -0.495 e. The van der Waals surface area contributed by atoms with Gasteiger partial charge in [0.25, 0.3) is 11.6 Å². The number of non-ortho nitro benzene ring substituents is 1. The standard InChI is InChI=1S/C16H14BrN3O4S/c1-9-3-4-10(7-12(9)17)15(21)19-16(25)18-13-8-11(20(22)23)5-6-14(13)24-2/h3-8H,1-2H3,(H2,18,19,21,25). The number of amides is 1. The van der Waals surface area contributed by atoms with Crippen molar-refractivity contribution in [3.63, 3.8) is 0 Å². The Balaban J connectivity index is 2.14. The van der Waals surface area contributed by atoms with Crippen LogP contribution in [0.25, 0.3) is 0 Å². The molecule has 0 unspecified atom stereocenters. The molecule has 0 saturated heterocycles. The maximum Gasteiger partial charge on any atom is 0.271 e. The van der Waals surface area contributed by atoms with Gasteiger partial charge in [0.2, 0.25) is 0 Å². The van der Waals surface area contributed by atoms with E-state index in [9.17, 15) is 14.9 Å². The van der Waals surface area contributed by atoms with Gasteiger partial charge in [0.05, 0.1) is 17.7 Å². The quantitative estimate of drug-likeness (QED) is 0.441. The van der Waals surface area contributed by atoms with Crippen LogP contribution in [0.1, 0.15) is 15.9 Å². The number of methoxy groups -OCH3 is 1. The summed E-state index contributed by atoms with van der Waals surface area (Å²) >= 11 is 8.47. The van der Waals surface area contributed by atoms with Crippen molar-refractivity contribution in [3.8, 4) is 5.75 Å². The maximum absolute atomic E-state index is 12.2. The summed E-state index contributed by atoms with van der Waals surface area (Å²) in [4.78, 5) is 22.6. The van der Waals surface area contributed by atoms with Crippen LogP contribution in [0.5, 0.6) is 5.75 Å². The van der Waals surface area contributed by atoms with Crippen molar-refractivity contribution in [3.05, 3.63) is 62.1 Å². The van der Waals surface area contributed by atoms with E-state index in [0.717, 1.165) is 10.0 Å². The zero-order chi connectivity index (χ0) is 18.6. The third-order valence-electron chi connectivity index (χ3n) is 3.30. The van der Waals surface area contributed by atoms with Crippen molar-refractivity contribution < 1.29 is 14.5 Å². The number of nitro groups is 1. The Morgan fingerprint density at radius 2 is 2.00 bits per heavy atom. The molecule has 2 aromatic rings. The lowest BCUT2D eigenvalue weighted by Crippen LogP contribution is -2.34. The highest BCUT2D eigenvalue weighted by Crippen LogP contribution is 2.28. The average molecular weight is 424 g/mol. The number of benzene rings is 2. The summed E-state index contributed by atoms with van der Waals surface area (Å²) in [6, 6.07) is 9.20. The molecule has 0 bridgehead atoms. The van der Waals surface area contributed by atoms with Crippen LogP contribution in [0.2, 0.25) is 0 Å². The number of anilines is 1. The highest BCUT2D eigenvalue weighted by molar-refractivity contribution is 9.10. The first-order valence-corrected chi connectivity index (χ1v) is 8.23. The summed E-state index contributed by atoms with van der Waals surface area (Å²) in [5.41, 5.74) is 1.58. The average Bonchev–Trinajstić information content (AvgIpc) is 2.56. The van der Waals surface area contributed by atoms with E-state index < -0.39 is 10.8 Å². The number of aryl methyl sites for hydroxylation is 1. The molecule has 0 aromatic heterocycles. The number of hydrogen-bond acceptors (Lipinski definition) is 5. The molecule has 0 aliphatic carbocycles. The van der Waals surface area contributed by atoms with Gasteiger partial charge in [0.15, 0.2) is 5.11 Å². The van der Waals surface area contributed by atoms with Crippen molar-refractivity contribution in [1.29, 1.82) is 0 Å². The molecule has 0 spiro atoms. The Morgan fingerprint density at radius 1 is 1.28 bits per heavy atom. The third-order valence-corrected chi connectivity index (χ3v) is 4.36. The van der Waals surface area contributed by atoms with Gasteiger partial charge in [-0.1, -0.05) is 22.0 Å². The van der Waals surface area contributed by atoms with Crippen molar-refractivity contribution in [2.24, 2.45) is 0 Å². The zero-order valence-corrected chi connectivity index (χ0v) is 15.7. The molecule has 25 heavy (non-hydrogen) atoms. The van der Waals surface area contributed by atoms with E-state index >= 15 is 0 Å². The van der Waals surface area contributed by atoms with E-state index in [2.05, 4.69) is 26.6 Å². The van der Waals surface area contributed by atoms with Crippen LogP contribution < -0.4 is 15.4 Å². The van der Waals surface area contributed by atoms with Crippen molar-refractivity contribution in [2.45, 2.75) is 6.92 Å². The normalized spacial score (nSPS) is 10.0. The van der Waals surface area contributed by atoms with Gasteiger partial charge in [-0.2, -0.15) is 0 Å². The molecule has 2 aromatic carbocycles. The van der Waals surface area contributed by atoms with Gasteiger partial charge in [-0.05, 0) is 42.9 Å². The molecule has 0 aliphatic heterocycles. The van der Waals surface area contributed by atoms with E-state index in [-0.39, 0.29) is 16.5 Å². The summed E-state index contributed by atoms with van der Waals surface area (Å²) in [7, 11) is 1.43. The summed E-state index contributed by atoms with van der Waals surface area (Å²) in [5, 5.41) is 16.2. The summed E-state index contributed by atoms with van der Waals surface area (Å²) in [5.74, 6) is -0.0390. The number of hydrogen-bond donors (Lipinski definition) is 2. The number of nitrogens with zero attached hydrogens (tertiary/aromatic N) is 1. The molecule has 0 aliphatic rings. The Labute approximate surface area is 157 Å². The number of rotatable bonds is 4. The van der Waals surface area contributed by atoms with Crippen molar-refractivity contribution in [2.75, 3.05) is 12.4 Å². The predicted octanol–water partition coefficient (Wildman–Crippen LogP) is 3.80. The number of halogens is 1. The van der Waals surface area contributed by atoms with E-state index in [0.29, 0.717) is 11.3 Å². The molecule has 2 N–H and O–H groups in total. The molecular formula is C16H14BrN3O4S. The highest BCUT2D eigenvalue weighted by Gasteiger charge is 2.14. The van der Waals surface area contributed by atoms with Gasteiger partial charge in [-0.25, -0.2) is 0 Å². The van der Waals surface area contributed by atoms with E-state index in [1.54, 1.807) is 18.2 Å². The molecule has 7 nitrogen and oxygen atoms in total. The molecule has 0 radical (unpaired) electrons. The molecule has 0 heterocycles. The minimum atomic E-state index is -0.532. The monoisotopic (exact) mass is 423 g/mol. The number of nitro benzene ring substituents is 1. The summed E-state index contributed by atoms with van der Waals surface area (Å²) in [6.45, 7) is 1.91. The van der Waals surface area contributed by atoms with E-state index in [4.69, 9.17) is 17.0 Å². The first-order valence-electron chi connectivity index (χ1n) is 7.02. The molecule has 2 rings (SSSR count). The van der Waals surface area contributed by atoms with Gasteiger partial charge in [0, 0.05) is 22.2 Å². The third kappa shape index (κ3) is 4.74. The smallest absolute Gasteiger partial charge is 0.271 e. The fourth-order valence-electron chi connectivity index (χ4n) is 1.97. The van der Waals surface area contributed by atoms with Crippen LogP contribution in [0.4, 0.5) is 11.4 Å². The van der Waals surface area contributed by atoms with Crippen LogP contribution >= 0.6 is 28.1 Å². The number of carbonyl (C=O) groups is 1. The molecule has 0 saturated carbocycles. The lowest BCUT2D eigenvalue weighted by atomic mass is 10.1. The topological polar surface area (TPSA) is 93.5 Å². The number of carbonyl (C=O) groups excluding carboxylic acids is 1. The molecule has 0 atom stereocenters. The van der Waals surface area contributed by atoms with Crippen LogP contribution in [0, 0.1) is 17.0 Å². The van der Waals surface area contributed by atoms with E-state index in [1.807, 2.05) is 6.92 Å². The second-order valence-corrected chi connectivity index (χ2v) is 6.28. The molecular weight excluding hydrogens is 410 g/mol. The molecule has 130 valence electrons.